The van der Waals surface area contributed by atoms with Gasteiger partial charge in [0, 0.05) is 12.1 Å². The summed E-state index contributed by atoms with van der Waals surface area (Å²) in [6, 6.07) is 23.3. The van der Waals surface area contributed by atoms with Crippen LogP contribution in [-0.2, 0) is 19.8 Å². The molecule has 0 N–H and O–H groups in total. The van der Waals surface area contributed by atoms with Gasteiger partial charge in [0.2, 0.25) is 5.91 Å². The first kappa shape index (κ1) is 23.0. The topological polar surface area (TPSA) is 93.0 Å². The van der Waals surface area contributed by atoms with E-state index in [1.165, 1.54) is 24.3 Å². The number of carbonyl (C=O) groups is 2. The second kappa shape index (κ2) is 8.03. The number of fused-ring (bicyclic) bond motifs is 1. The number of imide groups is 1. The summed E-state index contributed by atoms with van der Waals surface area (Å²) in [6.07, 6.45) is -0.779. The Morgan fingerprint density at radius 2 is 1.50 bits per heavy atom. The molecule has 8 nitrogen and oxygen atoms in total. The van der Waals surface area contributed by atoms with Gasteiger partial charge in [0.25, 0.3) is 11.6 Å². The van der Waals surface area contributed by atoms with E-state index < -0.39 is 44.5 Å². The first-order valence-corrected chi connectivity index (χ1v) is 12.1. The van der Waals surface area contributed by atoms with Crippen LogP contribution in [0.25, 0.3) is 0 Å². The number of hydrogen-bond acceptors (Lipinski definition) is 6. The van der Waals surface area contributed by atoms with Gasteiger partial charge in [-0.3, -0.25) is 24.5 Å². The van der Waals surface area contributed by atoms with Crippen molar-refractivity contribution >= 4 is 52.1 Å². The molecule has 2 amide bonds. The van der Waals surface area contributed by atoms with Crippen LogP contribution < -0.4 is 9.96 Å². The molecule has 0 bridgehead atoms. The highest BCUT2D eigenvalue weighted by Gasteiger charge is 2.78. The van der Waals surface area contributed by atoms with Crippen LogP contribution in [0.5, 0.6) is 0 Å². The Morgan fingerprint density at radius 3 is 2.11 bits per heavy atom. The van der Waals surface area contributed by atoms with Crippen molar-refractivity contribution in [3.8, 4) is 0 Å². The summed E-state index contributed by atoms with van der Waals surface area (Å²) >= 11 is 13.6. The molecule has 4 atom stereocenters. The SMILES string of the molecule is O=C1C2ON(c3ccccc3)C(C3(c4ccccc4)CC3(Cl)Cl)C2C(=O)N1c1cccc([N+](=O)[O-])c1. The third-order valence-corrected chi connectivity index (χ3v) is 8.19. The molecule has 1 aliphatic carbocycles. The highest BCUT2D eigenvalue weighted by molar-refractivity contribution is 6.52. The number of halogens is 2. The molecule has 3 aromatic rings. The van der Waals surface area contributed by atoms with Crippen LogP contribution in [0.2, 0.25) is 0 Å². The number of nitro groups is 1. The summed E-state index contributed by atoms with van der Waals surface area (Å²) in [5.41, 5.74) is 0.484. The maximum atomic E-state index is 13.9. The molecule has 3 fully saturated rings. The first-order valence-electron chi connectivity index (χ1n) is 11.3. The summed E-state index contributed by atoms with van der Waals surface area (Å²) in [5, 5.41) is 12.9. The number of amides is 2. The molecule has 0 spiro atoms. The number of benzene rings is 3. The van der Waals surface area contributed by atoms with Crippen molar-refractivity contribution in [1.29, 1.82) is 0 Å². The molecule has 10 heteroatoms. The smallest absolute Gasteiger partial charge is 0.271 e. The molecule has 4 unspecified atom stereocenters. The minimum absolute atomic E-state index is 0.120. The number of carbonyl (C=O) groups excluding carboxylic acids is 2. The zero-order valence-corrected chi connectivity index (χ0v) is 20.2. The standard InChI is InChI=1S/C26H19Cl2N3O5/c27-26(28)15-25(26,16-8-3-1-4-9-16)22-20-21(36-30(22)17-10-5-2-6-11-17)24(33)29(23(20)32)18-12-7-13-19(14-18)31(34)35/h1-14,20-22H,15H2. The molecule has 182 valence electrons. The van der Waals surface area contributed by atoms with Gasteiger partial charge in [-0.15, -0.1) is 23.2 Å². The van der Waals surface area contributed by atoms with E-state index in [9.17, 15) is 19.7 Å². The molecular formula is C26H19Cl2N3O5. The molecule has 2 aliphatic heterocycles. The third-order valence-electron chi connectivity index (χ3n) is 7.25. The normalized spacial score (nSPS) is 28.3. The minimum atomic E-state index is -1.20. The number of hydrogen-bond donors (Lipinski definition) is 0. The lowest BCUT2D eigenvalue weighted by molar-refractivity contribution is -0.384. The zero-order valence-electron chi connectivity index (χ0n) is 18.7. The quantitative estimate of drug-likeness (QED) is 0.206. The summed E-state index contributed by atoms with van der Waals surface area (Å²) in [4.78, 5) is 45.4. The summed E-state index contributed by atoms with van der Waals surface area (Å²) < 4.78 is -1.20. The van der Waals surface area contributed by atoms with Gasteiger partial charge in [-0.1, -0.05) is 54.6 Å². The molecule has 3 aromatic carbocycles. The van der Waals surface area contributed by atoms with Gasteiger partial charge < -0.3 is 0 Å². The summed E-state index contributed by atoms with van der Waals surface area (Å²) in [5.74, 6) is -2.04. The molecule has 1 saturated carbocycles. The fraction of sp³-hybridized carbons (Fsp3) is 0.231. The highest BCUT2D eigenvalue weighted by atomic mass is 35.5. The molecule has 3 aliphatic rings. The van der Waals surface area contributed by atoms with E-state index in [0.717, 1.165) is 10.5 Å². The Labute approximate surface area is 216 Å². The number of nitrogens with zero attached hydrogens (tertiary/aromatic N) is 3. The van der Waals surface area contributed by atoms with Gasteiger partial charge in [-0.05, 0) is 30.2 Å². The van der Waals surface area contributed by atoms with Crippen LogP contribution >= 0.6 is 23.2 Å². The largest absolute Gasteiger partial charge is 0.273 e. The summed E-state index contributed by atoms with van der Waals surface area (Å²) in [7, 11) is 0. The van der Waals surface area contributed by atoms with Gasteiger partial charge in [0.15, 0.2) is 6.10 Å². The molecule has 6 rings (SSSR count). The Balaban J connectivity index is 1.48. The van der Waals surface area contributed by atoms with Crippen LogP contribution in [0.15, 0.2) is 84.9 Å². The number of hydroxylamine groups is 1. The van der Waals surface area contributed by atoms with Crippen molar-refractivity contribution in [2.45, 2.75) is 28.3 Å². The fourth-order valence-electron chi connectivity index (χ4n) is 5.56. The van der Waals surface area contributed by atoms with Gasteiger partial charge in [0.1, 0.15) is 10.3 Å². The lowest BCUT2D eigenvalue weighted by Gasteiger charge is -2.35. The lowest BCUT2D eigenvalue weighted by atomic mass is 9.79. The van der Waals surface area contributed by atoms with Crippen LogP contribution in [0.4, 0.5) is 17.1 Å². The van der Waals surface area contributed by atoms with Crippen LogP contribution in [0.3, 0.4) is 0 Å². The van der Waals surface area contributed by atoms with Crippen LogP contribution in [-0.4, -0.2) is 33.2 Å². The molecule has 0 radical (unpaired) electrons. The number of anilines is 2. The average Bonchev–Trinajstić information content (AvgIpc) is 3.16. The van der Waals surface area contributed by atoms with Crippen molar-refractivity contribution in [2.24, 2.45) is 5.92 Å². The monoisotopic (exact) mass is 523 g/mol. The van der Waals surface area contributed by atoms with E-state index >= 15 is 0 Å². The second-order valence-electron chi connectivity index (χ2n) is 9.17. The first-order chi connectivity index (χ1) is 17.3. The number of rotatable bonds is 5. The molecule has 0 aromatic heterocycles. The maximum absolute atomic E-state index is 13.9. The Kier molecular flexibility index (Phi) is 5.12. The van der Waals surface area contributed by atoms with Crippen molar-refractivity contribution in [3.05, 3.63) is 101 Å². The van der Waals surface area contributed by atoms with Crippen LogP contribution in [0.1, 0.15) is 12.0 Å². The van der Waals surface area contributed by atoms with Crippen molar-refractivity contribution in [3.63, 3.8) is 0 Å². The van der Waals surface area contributed by atoms with E-state index in [1.54, 1.807) is 5.06 Å². The number of non-ortho nitro benzene ring substituents is 1. The minimum Gasteiger partial charge on any atom is -0.273 e. The Morgan fingerprint density at radius 1 is 0.889 bits per heavy atom. The second-order valence-corrected chi connectivity index (χ2v) is 10.6. The number of alkyl halides is 2. The van der Waals surface area contributed by atoms with Crippen molar-refractivity contribution in [1.82, 2.24) is 0 Å². The fourth-order valence-corrected chi connectivity index (χ4v) is 6.43. The van der Waals surface area contributed by atoms with Crippen LogP contribution in [0, 0.1) is 16.0 Å². The predicted octanol–water partition coefficient (Wildman–Crippen LogP) is 4.79. The highest BCUT2D eigenvalue weighted by Crippen LogP contribution is 2.70. The van der Waals surface area contributed by atoms with Crippen molar-refractivity contribution in [2.75, 3.05) is 9.96 Å². The molecule has 36 heavy (non-hydrogen) atoms. The van der Waals surface area contributed by atoms with Crippen molar-refractivity contribution < 1.29 is 19.3 Å². The van der Waals surface area contributed by atoms with Gasteiger partial charge in [-0.25, -0.2) is 9.96 Å². The van der Waals surface area contributed by atoms with E-state index in [-0.39, 0.29) is 11.4 Å². The van der Waals surface area contributed by atoms with Gasteiger partial charge in [0.05, 0.1) is 27.8 Å². The summed E-state index contributed by atoms with van der Waals surface area (Å²) in [6.45, 7) is 0. The molecular weight excluding hydrogens is 505 g/mol. The Hall–Kier alpha value is -3.46. The third kappa shape index (κ3) is 3.18. The maximum Gasteiger partial charge on any atom is 0.271 e. The van der Waals surface area contributed by atoms with Gasteiger partial charge >= 0.3 is 0 Å². The molecule has 2 heterocycles. The van der Waals surface area contributed by atoms with E-state index in [1.807, 2.05) is 60.7 Å². The number of para-hydroxylation sites is 1. The van der Waals surface area contributed by atoms with E-state index in [0.29, 0.717) is 12.1 Å². The Bertz CT molecular complexity index is 1390. The van der Waals surface area contributed by atoms with E-state index in [4.69, 9.17) is 28.0 Å². The number of nitro benzene ring substituents is 1. The van der Waals surface area contributed by atoms with E-state index in [2.05, 4.69) is 0 Å². The zero-order chi connectivity index (χ0) is 25.2. The predicted molar refractivity (Wildman–Crippen MR) is 134 cm³/mol. The van der Waals surface area contributed by atoms with Gasteiger partial charge in [-0.2, -0.15) is 0 Å². The average molecular weight is 524 g/mol. The lowest BCUT2D eigenvalue weighted by Crippen LogP contribution is -2.49. The molecule has 2 saturated heterocycles.